The van der Waals surface area contributed by atoms with Crippen molar-refractivity contribution in [2.45, 2.75) is 19.9 Å². The monoisotopic (exact) mass is 358 g/mol. The number of nitrogens with one attached hydrogen (secondary N) is 1. The summed E-state index contributed by atoms with van der Waals surface area (Å²) in [5.74, 6) is -0.388. The van der Waals surface area contributed by atoms with Crippen LogP contribution in [0.25, 0.3) is 11.3 Å². The molecule has 0 aliphatic carbocycles. The van der Waals surface area contributed by atoms with E-state index in [-0.39, 0.29) is 11.5 Å². The van der Waals surface area contributed by atoms with E-state index in [0.29, 0.717) is 16.9 Å². The van der Waals surface area contributed by atoms with Gasteiger partial charge in [-0.15, -0.1) is 0 Å². The number of hydrogen-bond acceptors (Lipinski definition) is 4. The van der Waals surface area contributed by atoms with E-state index in [9.17, 15) is 9.59 Å². The summed E-state index contributed by atoms with van der Waals surface area (Å²) in [6, 6.07) is 18.6. The van der Waals surface area contributed by atoms with Crippen molar-refractivity contribution < 1.29 is 4.79 Å². The Balaban J connectivity index is 1.87. The van der Waals surface area contributed by atoms with E-state index in [1.165, 1.54) is 10.7 Å². The number of carbonyl (C=O) groups excluding carboxylic acids is 1. The zero-order valence-electron chi connectivity index (χ0n) is 15.0. The Morgan fingerprint density at radius 2 is 1.89 bits per heavy atom. The second-order valence-corrected chi connectivity index (χ2v) is 6.23. The zero-order valence-corrected chi connectivity index (χ0v) is 15.0. The number of amides is 1. The van der Waals surface area contributed by atoms with Gasteiger partial charge in [0.05, 0.1) is 17.3 Å². The lowest BCUT2D eigenvalue weighted by atomic mass is 10.1. The summed E-state index contributed by atoms with van der Waals surface area (Å²) in [5, 5.41) is 16.0. The topological polar surface area (TPSA) is 87.8 Å². The van der Waals surface area contributed by atoms with Gasteiger partial charge in [-0.25, -0.2) is 4.68 Å². The van der Waals surface area contributed by atoms with Gasteiger partial charge in [-0.05, 0) is 38.1 Å². The SMILES string of the molecule is Cc1ccc(-c2ccc(=O)n([C@@H](C)C(=O)Nc3cccc(C#N)c3)n2)cc1. The molecule has 1 amide bonds. The highest BCUT2D eigenvalue weighted by molar-refractivity contribution is 5.93. The van der Waals surface area contributed by atoms with Crippen molar-refractivity contribution in [2.75, 3.05) is 5.32 Å². The van der Waals surface area contributed by atoms with Crippen LogP contribution in [0.5, 0.6) is 0 Å². The Kier molecular flexibility index (Phi) is 5.13. The van der Waals surface area contributed by atoms with Gasteiger partial charge in [-0.1, -0.05) is 35.9 Å². The van der Waals surface area contributed by atoms with Gasteiger partial charge in [0.25, 0.3) is 5.56 Å². The molecule has 1 heterocycles. The molecule has 0 unspecified atom stereocenters. The van der Waals surface area contributed by atoms with Gasteiger partial charge in [0.1, 0.15) is 6.04 Å². The maximum atomic E-state index is 12.6. The minimum absolute atomic E-state index is 0.362. The number of anilines is 1. The smallest absolute Gasteiger partial charge is 0.267 e. The third-order valence-electron chi connectivity index (χ3n) is 4.18. The minimum Gasteiger partial charge on any atom is -0.324 e. The first kappa shape index (κ1) is 18.1. The summed E-state index contributed by atoms with van der Waals surface area (Å²) >= 11 is 0. The Morgan fingerprint density at radius 3 is 2.59 bits per heavy atom. The van der Waals surface area contributed by atoms with Crippen molar-refractivity contribution >= 4 is 11.6 Å². The molecular formula is C21H18N4O2. The Hall–Kier alpha value is -3.72. The summed E-state index contributed by atoms with van der Waals surface area (Å²) in [4.78, 5) is 24.8. The predicted molar refractivity (Wildman–Crippen MR) is 103 cm³/mol. The molecule has 0 saturated heterocycles. The van der Waals surface area contributed by atoms with E-state index in [1.807, 2.05) is 37.3 Å². The average Bonchev–Trinajstić information content (AvgIpc) is 2.68. The van der Waals surface area contributed by atoms with Crippen LogP contribution in [0.1, 0.15) is 24.1 Å². The lowest BCUT2D eigenvalue weighted by Crippen LogP contribution is -2.33. The van der Waals surface area contributed by atoms with E-state index in [1.54, 1.807) is 37.3 Å². The van der Waals surface area contributed by atoms with Gasteiger partial charge in [0, 0.05) is 17.3 Å². The third-order valence-corrected chi connectivity index (χ3v) is 4.18. The number of nitrogens with zero attached hydrogens (tertiary/aromatic N) is 3. The molecule has 2 aromatic carbocycles. The molecule has 0 saturated carbocycles. The van der Waals surface area contributed by atoms with Crippen LogP contribution in [0.3, 0.4) is 0 Å². The Morgan fingerprint density at radius 1 is 1.15 bits per heavy atom. The maximum Gasteiger partial charge on any atom is 0.267 e. The van der Waals surface area contributed by atoms with E-state index in [0.717, 1.165) is 11.1 Å². The van der Waals surface area contributed by atoms with Gasteiger partial charge in [0.2, 0.25) is 5.91 Å². The number of nitriles is 1. The molecule has 0 radical (unpaired) electrons. The molecule has 1 atom stereocenters. The van der Waals surface area contributed by atoms with Crippen LogP contribution in [-0.4, -0.2) is 15.7 Å². The molecule has 1 aromatic heterocycles. The molecule has 0 aliphatic heterocycles. The van der Waals surface area contributed by atoms with Gasteiger partial charge < -0.3 is 5.32 Å². The highest BCUT2D eigenvalue weighted by atomic mass is 16.2. The van der Waals surface area contributed by atoms with Crippen LogP contribution in [0.2, 0.25) is 0 Å². The molecule has 134 valence electrons. The summed E-state index contributed by atoms with van der Waals surface area (Å²) in [6.45, 7) is 3.60. The molecule has 0 spiro atoms. The fourth-order valence-electron chi connectivity index (χ4n) is 2.61. The van der Waals surface area contributed by atoms with E-state index >= 15 is 0 Å². The highest BCUT2D eigenvalue weighted by Crippen LogP contribution is 2.17. The number of carbonyl (C=O) groups is 1. The first-order valence-electron chi connectivity index (χ1n) is 8.46. The third kappa shape index (κ3) is 4.10. The van der Waals surface area contributed by atoms with Gasteiger partial charge in [-0.3, -0.25) is 9.59 Å². The quantitative estimate of drug-likeness (QED) is 0.775. The van der Waals surface area contributed by atoms with Crippen LogP contribution in [0, 0.1) is 18.3 Å². The average molecular weight is 358 g/mol. The van der Waals surface area contributed by atoms with Crippen LogP contribution < -0.4 is 10.9 Å². The normalized spacial score (nSPS) is 11.4. The first-order valence-corrected chi connectivity index (χ1v) is 8.46. The van der Waals surface area contributed by atoms with Crippen molar-refractivity contribution in [1.82, 2.24) is 9.78 Å². The number of hydrogen-bond donors (Lipinski definition) is 1. The Bertz CT molecular complexity index is 1080. The summed E-state index contributed by atoms with van der Waals surface area (Å²) < 4.78 is 1.17. The van der Waals surface area contributed by atoms with Crippen molar-refractivity contribution in [3.63, 3.8) is 0 Å². The molecule has 0 fully saturated rings. The number of aromatic nitrogens is 2. The molecular weight excluding hydrogens is 340 g/mol. The van der Waals surface area contributed by atoms with Crippen molar-refractivity contribution in [1.29, 1.82) is 5.26 Å². The zero-order chi connectivity index (χ0) is 19.4. The number of rotatable bonds is 4. The van der Waals surface area contributed by atoms with Crippen molar-refractivity contribution in [3.05, 3.63) is 82.1 Å². The number of benzene rings is 2. The van der Waals surface area contributed by atoms with Gasteiger partial charge >= 0.3 is 0 Å². The molecule has 1 N–H and O–H groups in total. The molecule has 3 aromatic rings. The van der Waals surface area contributed by atoms with Crippen LogP contribution in [-0.2, 0) is 4.79 Å². The van der Waals surface area contributed by atoms with Gasteiger partial charge in [-0.2, -0.15) is 10.4 Å². The highest BCUT2D eigenvalue weighted by Gasteiger charge is 2.18. The summed E-state index contributed by atoms with van der Waals surface area (Å²) in [6.07, 6.45) is 0. The van der Waals surface area contributed by atoms with Crippen LogP contribution in [0.4, 0.5) is 5.69 Å². The largest absolute Gasteiger partial charge is 0.324 e. The van der Waals surface area contributed by atoms with Crippen LogP contribution in [0.15, 0.2) is 65.5 Å². The fourth-order valence-corrected chi connectivity index (χ4v) is 2.61. The molecule has 27 heavy (non-hydrogen) atoms. The van der Waals surface area contributed by atoms with Gasteiger partial charge in [0.15, 0.2) is 0 Å². The fraction of sp³-hybridized carbons (Fsp3) is 0.143. The molecule has 0 bridgehead atoms. The van der Waals surface area contributed by atoms with E-state index < -0.39 is 6.04 Å². The minimum atomic E-state index is -0.811. The molecule has 0 aliphatic rings. The standard InChI is InChI=1S/C21H18N4O2/c1-14-6-8-17(9-7-14)19-10-11-20(26)25(24-19)15(2)21(27)23-18-5-3-4-16(12-18)13-22/h3-12,15H,1-2H3,(H,23,27)/t15-/m0/s1. The Labute approximate surface area is 156 Å². The number of aryl methyl sites for hydroxylation is 1. The molecule has 6 heteroatoms. The first-order chi connectivity index (χ1) is 13.0. The second kappa shape index (κ2) is 7.67. The summed E-state index contributed by atoms with van der Waals surface area (Å²) in [7, 11) is 0. The lowest BCUT2D eigenvalue weighted by molar-refractivity contribution is -0.119. The summed E-state index contributed by atoms with van der Waals surface area (Å²) in [5.41, 5.74) is 3.17. The maximum absolute atomic E-state index is 12.6. The molecule has 3 rings (SSSR count). The van der Waals surface area contributed by atoms with Crippen LogP contribution >= 0.6 is 0 Å². The van der Waals surface area contributed by atoms with Crippen molar-refractivity contribution in [2.24, 2.45) is 0 Å². The molecule has 6 nitrogen and oxygen atoms in total. The second-order valence-electron chi connectivity index (χ2n) is 6.23. The van der Waals surface area contributed by atoms with Crippen molar-refractivity contribution in [3.8, 4) is 17.3 Å². The van der Waals surface area contributed by atoms with E-state index in [4.69, 9.17) is 5.26 Å². The predicted octanol–water partition coefficient (Wildman–Crippen LogP) is 3.29. The lowest BCUT2D eigenvalue weighted by Gasteiger charge is -2.15. The van der Waals surface area contributed by atoms with E-state index in [2.05, 4.69) is 10.4 Å².